The molecule has 0 saturated heterocycles. The largest absolute Gasteiger partial charge is 0.391 e. The van der Waals surface area contributed by atoms with Crippen LogP contribution in [0.1, 0.15) is 19.8 Å². The van der Waals surface area contributed by atoms with Gasteiger partial charge in [-0.2, -0.15) is 0 Å². The Bertz CT molecular complexity index is 508. The Labute approximate surface area is 171 Å². The molecule has 0 aliphatic carbocycles. The van der Waals surface area contributed by atoms with E-state index in [9.17, 15) is 19.5 Å². The highest BCUT2D eigenvalue weighted by molar-refractivity contribution is 6.12. The summed E-state index contributed by atoms with van der Waals surface area (Å²) in [6, 6.07) is 0. The molecule has 0 unspecified atom stereocenters. The van der Waals surface area contributed by atoms with E-state index < -0.39 is 6.10 Å². The van der Waals surface area contributed by atoms with Gasteiger partial charge in [-0.3, -0.25) is 19.3 Å². The lowest BCUT2D eigenvalue weighted by Crippen LogP contribution is -2.33. The van der Waals surface area contributed by atoms with Crippen molar-refractivity contribution >= 4 is 17.7 Å². The minimum absolute atomic E-state index is 0.149. The summed E-state index contributed by atoms with van der Waals surface area (Å²) >= 11 is 0. The maximum Gasteiger partial charge on any atom is 0.253 e. The van der Waals surface area contributed by atoms with Crippen LogP contribution in [0, 0.1) is 0 Å². The zero-order valence-corrected chi connectivity index (χ0v) is 17.0. The number of hydrogen-bond acceptors (Lipinski definition) is 8. The number of hydrogen-bond donors (Lipinski definition) is 2. The second-order valence-electron chi connectivity index (χ2n) is 6.23. The molecule has 1 aliphatic heterocycles. The summed E-state index contributed by atoms with van der Waals surface area (Å²) in [4.78, 5) is 35.2. The molecule has 3 amide bonds. The first-order valence-electron chi connectivity index (χ1n) is 9.83. The van der Waals surface area contributed by atoms with Crippen LogP contribution in [0.5, 0.6) is 0 Å². The second-order valence-corrected chi connectivity index (χ2v) is 6.23. The van der Waals surface area contributed by atoms with Crippen LogP contribution in [0.2, 0.25) is 0 Å². The molecule has 1 rings (SSSR count). The number of rotatable bonds is 18. The third-order valence-electron chi connectivity index (χ3n) is 3.96. The number of aliphatic hydroxyl groups is 1. The van der Waals surface area contributed by atoms with E-state index in [1.807, 2.05) is 6.92 Å². The predicted molar refractivity (Wildman–Crippen MR) is 103 cm³/mol. The average molecular weight is 416 g/mol. The van der Waals surface area contributed by atoms with Gasteiger partial charge in [0.25, 0.3) is 11.8 Å². The molecule has 0 aromatic heterocycles. The molecule has 0 aromatic carbocycles. The third-order valence-corrected chi connectivity index (χ3v) is 3.96. The van der Waals surface area contributed by atoms with Crippen LogP contribution in [0.25, 0.3) is 0 Å². The number of imide groups is 1. The fourth-order valence-electron chi connectivity index (χ4n) is 2.20. The summed E-state index contributed by atoms with van der Waals surface area (Å²) in [5, 5.41) is 12.0. The minimum Gasteiger partial charge on any atom is -0.391 e. The molecule has 2 N–H and O–H groups in total. The number of carbonyl (C=O) groups is 3. The molecule has 10 nitrogen and oxygen atoms in total. The Morgan fingerprint density at radius 1 is 0.931 bits per heavy atom. The molecule has 1 aliphatic rings. The number of amides is 3. The van der Waals surface area contributed by atoms with E-state index in [0.717, 1.165) is 4.90 Å². The topological polar surface area (TPSA) is 124 Å². The molecule has 0 spiro atoms. The van der Waals surface area contributed by atoms with Crippen molar-refractivity contribution in [2.24, 2.45) is 0 Å². The van der Waals surface area contributed by atoms with Crippen molar-refractivity contribution in [3.8, 4) is 0 Å². The molecule has 1 heterocycles. The standard InChI is InChI=1S/C19H32N2O8/c1-2-16(22)15-20-17(23)5-7-26-9-11-28-13-14-29-12-10-27-8-6-21-18(24)3-4-19(21)25/h3-4,16,22H,2,5-15H2,1H3,(H,20,23)/t16-/m0/s1. The number of nitrogens with one attached hydrogen (secondary N) is 1. The highest BCUT2D eigenvalue weighted by Crippen LogP contribution is 2.02. The average Bonchev–Trinajstić information content (AvgIpc) is 3.04. The number of carbonyl (C=O) groups excluding carboxylic acids is 3. The van der Waals surface area contributed by atoms with Crippen molar-refractivity contribution in [1.29, 1.82) is 0 Å². The van der Waals surface area contributed by atoms with Gasteiger partial charge in [0.05, 0.1) is 65.5 Å². The molecule has 0 aromatic rings. The Hall–Kier alpha value is -1.85. The Morgan fingerprint density at radius 2 is 1.41 bits per heavy atom. The van der Waals surface area contributed by atoms with Gasteiger partial charge < -0.3 is 29.4 Å². The van der Waals surface area contributed by atoms with Crippen LogP contribution in [-0.4, -0.2) is 99.8 Å². The zero-order valence-electron chi connectivity index (χ0n) is 17.0. The van der Waals surface area contributed by atoms with Gasteiger partial charge >= 0.3 is 0 Å². The first kappa shape index (κ1) is 25.2. The van der Waals surface area contributed by atoms with Crippen molar-refractivity contribution in [1.82, 2.24) is 10.2 Å². The third kappa shape index (κ3) is 12.3. The summed E-state index contributed by atoms with van der Waals surface area (Å²) < 4.78 is 21.3. The number of aliphatic hydroxyl groups excluding tert-OH is 1. The lowest BCUT2D eigenvalue weighted by Gasteiger charge is -2.13. The van der Waals surface area contributed by atoms with E-state index >= 15 is 0 Å². The van der Waals surface area contributed by atoms with Gasteiger partial charge in [0.2, 0.25) is 5.91 Å². The normalized spacial score (nSPS) is 14.6. The van der Waals surface area contributed by atoms with E-state index in [0.29, 0.717) is 52.7 Å². The van der Waals surface area contributed by atoms with Gasteiger partial charge in [-0.05, 0) is 6.42 Å². The van der Waals surface area contributed by atoms with Gasteiger partial charge in [0, 0.05) is 25.1 Å². The Balaban J connectivity index is 1.77. The van der Waals surface area contributed by atoms with E-state index in [-0.39, 0.29) is 43.8 Å². The van der Waals surface area contributed by atoms with Crippen LogP contribution >= 0.6 is 0 Å². The van der Waals surface area contributed by atoms with E-state index in [1.165, 1.54) is 12.2 Å². The Morgan fingerprint density at radius 3 is 1.93 bits per heavy atom. The highest BCUT2D eigenvalue weighted by atomic mass is 16.6. The molecule has 29 heavy (non-hydrogen) atoms. The van der Waals surface area contributed by atoms with E-state index in [1.54, 1.807) is 0 Å². The maximum atomic E-state index is 11.5. The van der Waals surface area contributed by atoms with Crippen molar-refractivity contribution in [2.45, 2.75) is 25.9 Å². The monoisotopic (exact) mass is 416 g/mol. The van der Waals surface area contributed by atoms with E-state index in [2.05, 4.69) is 5.32 Å². The molecular formula is C19H32N2O8. The SMILES string of the molecule is CC[C@H](O)CNC(=O)CCOCCOCCOCCOCCN1C(=O)C=CC1=O. The summed E-state index contributed by atoms with van der Waals surface area (Å²) in [5.41, 5.74) is 0. The van der Waals surface area contributed by atoms with Crippen molar-refractivity contribution < 1.29 is 38.4 Å². The minimum atomic E-state index is -0.508. The van der Waals surface area contributed by atoms with Crippen molar-refractivity contribution in [3.63, 3.8) is 0 Å². The zero-order chi connectivity index (χ0) is 21.3. The molecule has 0 fully saturated rings. The predicted octanol–water partition coefficient (Wildman–Crippen LogP) is -0.745. The van der Waals surface area contributed by atoms with Gasteiger partial charge in [-0.1, -0.05) is 6.92 Å². The summed E-state index contributed by atoms with van der Waals surface area (Å²) in [7, 11) is 0. The van der Waals surface area contributed by atoms with Crippen LogP contribution in [0.4, 0.5) is 0 Å². The van der Waals surface area contributed by atoms with Crippen molar-refractivity contribution in [2.75, 3.05) is 65.9 Å². The highest BCUT2D eigenvalue weighted by Gasteiger charge is 2.22. The molecule has 1 atom stereocenters. The van der Waals surface area contributed by atoms with Crippen molar-refractivity contribution in [3.05, 3.63) is 12.2 Å². The number of nitrogens with zero attached hydrogens (tertiary/aromatic N) is 1. The van der Waals surface area contributed by atoms with Gasteiger partial charge in [-0.25, -0.2) is 0 Å². The summed E-state index contributed by atoms with van der Waals surface area (Å²) in [6.07, 6.45) is 2.83. The molecular weight excluding hydrogens is 384 g/mol. The number of ether oxygens (including phenoxy) is 4. The smallest absolute Gasteiger partial charge is 0.253 e. The van der Waals surface area contributed by atoms with Crippen LogP contribution in [-0.2, 0) is 33.3 Å². The summed E-state index contributed by atoms with van der Waals surface area (Å²) in [5.74, 6) is -0.776. The lowest BCUT2D eigenvalue weighted by molar-refractivity contribution is -0.137. The first-order valence-corrected chi connectivity index (χ1v) is 9.83. The van der Waals surface area contributed by atoms with Crippen LogP contribution in [0.15, 0.2) is 12.2 Å². The van der Waals surface area contributed by atoms with Gasteiger partial charge in [-0.15, -0.1) is 0 Å². The molecule has 10 heteroatoms. The molecule has 166 valence electrons. The van der Waals surface area contributed by atoms with Gasteiger partial charge in [0.1, 0.15) is 0 Å². The molecule has 0 radical (unpaired) electrons. The fraction of sp³-hybridized carbons (Fsp3) is 0.737. The fourth-order valence-corrected chi connectivity index (χ4v) is 2.20. The Kier molecular flexibility index (Phi) is 13.9. The quantitative estimate of drug-likeness (QED) is 0.221. The molecule has 0 bridgehead atoms. The summed E-state index contributed by atoms with van der Waals surface area (Å²) in [6.45, 7) is 5.30. The van der Waals surface area contributed by atoms with Gasteiger partial charge in [0.15, 0.2) is 0 Å². The van der Waals surface area contributed by atoms with E-state index in [4.69, 9.17) is 18.9 Å². The van der Waals surface area contributed by atoms with Crippen LogP contribution in [0.3, 0.4) is 0 Å². The van der Waals surface area contributed by atoms with Crippen LogP contribution < -0.4 is 5.32 Å². The second kappa shape index (κ2) is 16.0. The molecule has 0 saturated carbocycles. The first-order chi connectivity index (χ1) is 14.0. The lowest BCUT2D eigenvalue weighted by atomic mass is 10.3. The maximum absolute atomic E-state index is 11.5.